The number of aliphatic hydroxyl groups excluding tert-OH is 2. The third-order valence-corrected chi connectivity index (χ3v) is 13.7. The maximum Gasteiger partial charge on any atom is 0.335 e. The first-order valence-electron chi connectivity index (χ1n) is 31.2. The zero-order chi connectivity index (χ0) is 57.5. The SMILES string of the molecule is CC/C=C\C/C=C\C/C=C\C/C=C\C/C=C\CCCC(=O)OC(COC(=O)CCCCCCCCCCCCCCCCCCCCC)COC1OC(C(=O)O)C(O)C(O)C1OC(=O)CCCCC/C=C\C/C=C\C/C=C\CC. The van der Waals surface area contributed by atoms with Gasteiger partial charge in [-0.2, -0.15) is 0 Å². The number of hydrogen-bond donors (Lipinski definition) is 3. The van der Waals surface area contributed by atoms with Gasteiger partial charge in [0.25, 0.3) is 0 Å². The number of carboxylic acid groups (broad SMARTS) is 1. The van der Waals surface area contributed by atoms with Crippen LogP contribution in [-0.2, 0) is 42.9 Å². The van der Waals surface area contributed by atoms with E-state index in [2.05, 4.69) is 106 Å². The Morgan fingerprint density at radius 2 is 0.810 bits per heavy atom. The van der Waals surface area contributed by atoms with E-state index in [9.17, 15) is 34.5 Å². The predicted octanol–water partition coefficient (Wildman–Crippen LogP) is 16.5. The van der Waals surface area contributed by atoms with E-state index in [-0.39, 0.29) is 25.9 Å². The van der Waals surface area contributed by atoms with Crippen molar-refractivity contribution in [3.05, 3.63) is 97.2 Å². The molecule has 1 aliphatic heterocycles. The molecule has 0 spiro atoms. The Balaban J connectivity index is 2.71. The lowest BCUT2D eigenvalue weighted by Gasteiger charge is -2.40. The Labute approximate surface area is 479 Å². The van der Waals surface area contributed by atoms with Crippen LogP contribution in [-0.4, -0.2) is 89.2 Å². The average Bonchev–Trinajstić information content (AvgIpc) is 3.46. The third-order valence-electron chi connectivity index (χ3n) is 13.7. The number of unbranched alkanes of at least 4 members (excludes halogenated alkanes) is 22. The summed E-state index contributed by atoms with van der Waals surface area (Å²) in [6.07, 6.45) is 59.6. The molecule has 1 aliphatic rings. The summed E-state index contributed by atoms with van der Waals surface area (Å²) in [5.41, 5.74) is 0. The molecule has 1 saturated heterocycles. The van der Waals surface area contributed by atoms with Crippen molar-refractivity contribution in [2.24, 2.45) is 0 Å². The Kier molecular flexibility index (Phi) is 49.9. The molecule has 12 nitrogen and oxygen atoms in total. The number of aliphatic hydroxyl groups is 2. The summed E-state index contributed by atoms with van der Waals surface area (Å²) in [6, 6.07) is 0. The molecule has 0 aliphatic carbocycles. The molecule has 1 fully saturated rings. The van der Waals surface area contributed by atoms with Crippen LogP contribution in [0.1, 0.15) is 252 Å². The van der Waals surface area contributed by atoms with E-state index < -0.39 is 67.3 Å². The predicted molar refractivity (Wildman–Crippen MR) is 321 cm³/mol. The van der Waals surface area contributed by atoms with E-state index in [1.807, 2.05) is 12.2 Å². The van der Waals surface area contributed by atoms with Gasteiger partial charge in [0.05, 0.1) is 6.61 Å². The van der Waals surface area contributed by atoms with Gasteiger partial charge < -0.3 is 39.0 Å². The number of carbonyl (C=O) groups excluding carboxylic acids is 3. The molecule has 0 radical (unpaired) electrons. The van der Waals surface area contributed by atoms with Crippen LogP contribution in [0.4, 0.5) is 0 Å². The standard InChI is InChI=1S/C67H110O12/c1-4-7-10-13-16-19-22-25-27-29-30-32-33-36-38-41-44-47-50-53-59(68)75-56-58(77-60(69)54-51-48-45-42-40-37-34-31-28-26-23-20-17-14-11-8-5-2)57-76-67-65(63(72)62(71)64(79-67)66(73)74)78-61(70)55-52-49-46-43-39-35-24-21-18-15-12-9-6-3/h8-9,11-12,17-18,20-21,26,28,34-35,37,39,42,45,58,62-65,67,71-72H,4-7,10,13-16,19,22-25,27,29-33,36,38,40-41,43-44,46-57H2,1-3H3,(H,73,74)/b11-8-,12-9-,20-17-,21-18-,28-26-,37-34-,39-35-,45-42-. The monoisotopic (exact) mass is 1110 g/mol. The Bertz CT molecular complexity index is 1740. The molecule has 79 heavy (non-hydrogen) atoms. The van der Waals surface area contributed by atoms with E-state index >= 15 is 0 Å². The minimum Gasteiger partial charge on any atom is -0.479 e. The summed E-state index contributed by atoms with van der Waals surface area (Å²) < 4.78 is 28.4. The molecule has 0 bridgehead atoms. The quantitative estimate of drug-likeness (QED) is 0.0228. The average molecular weight is 1110 g/mol. The van der Waals surface area contributed by atoms with Crippen LogP contribution in [0.2, 0.25) is 0 Å². The number of carbonyl (C=O) groups is 4. The van der Waals surface area contributed by atoms with Crippen molar-refractivity contribution in [3.63, 3.8) is 0 Å². The molecule has 0 aromatic carbocycles. The number of allylic oxidation sites excluding steroid dienone is 16. The van der Waals surface area contributed by atoms with Crippen molar-refractivity contribution in [3.8, 4) is 0 Å². The first-order chi connectivity index (χ1) is 38.6. The third kappa shape index (κ3) is 44.0. The van der Waals surface area contributed by atoms with E-state index in [0.29, 0.717) is 25.7 Å². The second-order valence-electron chi connectivity index (χ2n) is 20.9. The molecule has 0 aromatic heterocycles. The second-order valence-corrected chi connectivity index (χ2v) is 20.9. The fourth-order valence-corrected chi connectivity index (χ4v) is 8.95. The number of rotatable bonds is 52. The molecule has 0 amide bonds. The van der Waals surface area contributed by atoms with Crippen molar-refractivity contribution < 1.29 is 58.2 Å². The fraction of sp³-hybridized carbons (Fsp3) is 0.701. The maximum absolute atomic E-state index is 13.2. The van der Waals surface area contributed by atoms with Crippen LogP contribution in [0.3, 0.4) is 0 Å². The Hall–Kier alpha value is -4.36. The van der Waals surface area contributed by atoms with E-state index in [1.165, 1.54) is 96.3 Å². The van der Waals surface area contributed by atoms with Crippen molar-refractivity contribution in [1.82, 2.24) is 0 Å². The van der Waals surface area contributed by atoms with Crippen LogP contribution in [0.25, 0.3) is 0 Å². The van der Waals surface area contributed by atoms with E-state index in [4.69, 9.17) is 23.7 Å². The summed E-state index contributed by atoms with van der Waals surface area (Å²) in [4.78, 5) is 51.2. The molecule has 6 atom stereocenters. The molecule has 0 saturated carbocycles. The van der Waals surface area contributed by atoms with Gasteiger partial charge >= 0.3 is 23.9 Å². The summed E-state index contributed by atoms with van der Waals surface area (Å²) in [7, 11) is 0. The smallest absolute Gasteiger partial charge is 0.335 e. The molecule has 0 aromatic rings. The number of ether oxygens (including phenoxy) is 5. The summed E-state index contributed by atoms with van der Waals surface area (Å²) >= 11 is 0. The number of aliphatic carboxylic acids is 1. The zero-order valence-corrected chi connectivity index (χ0v) is 49.6. The molecule has 6 unspecified atom stereocenters. The lowest BCUT2D eigenvalue weighted by atomic mass is 9.98. The largest absolute Gasteiger partial charge is 0.479 e. The molecular weight excluding hydrogens is 997 g/mol. The van der Waals surface area contributed by atoms with Gasteiger partial charge in [-0.1, -0.05) is 240 Å². The van der Waals surface area contributed by atoms with Crippen LogP contribution in [0.5, 0.6) is 0 Å². The lowest BCUT2D eigenvalue weighted by molar-refractivity contribution is -0.301. The van der Waals surface area contributed by atoms with Crippen molar-refractivity contribution in [1.29, 1.82) is 0 Å². The molecule has 1 rings (SSSR count). The van der Waals surface area contributed by atoms with Crippen molar-refractivity contribution >= 4 is 23.9 Å². The first-order valence-corrected chi connectivity index (χ1v) is 31.2. The molecule has 1 heterocycles. The molecular formula is C67H110O12. The van der Waals surface area contributed by atoms with Gasteiger partial charge in [-0.3, -0.25) is 14.4 Å². The fourth-order valence-electron chi connectivity index (χ4n) is 8.95. The van der Waals surface area contributed by atoms with Crippen LogP contribution >= 0.6 is 0 Å². The van der Waals surface area contributed by atoms with Crippen molar-refractivity contribution in [2.45, 2.75) is 289 Å². The van der Waals surface area contributed by atoms with Gasteiger partial charge in [0.1, 0.15) is 18.8 Å². The van der Waals surface area contributed by atoms with Gasteiger partial charge in [0.2, 0.25) is 0 Å². The summed E-state index contributed by atoms with van der Waals surface area (Å²) in [5.74, 6) is -3.24. The Morgan fingerprint density at radius 1 is 0.430 bits per heavy atom. The highest BCUT2D eigenvalue weighted by atomic mass is 16.7. The topological polar surface area (TPSA) is 175 Å². The summed E-state index contributed by atoms with van der Waals surface area (Å²) in [5, 5.41) is 31.5. The maximum atomic E-state index is 13.2. The van der Waals surface area contributed by atoms with Gasteiger partial charge in [0, 0.05) is 19.3 Å². The van der Waals surface area contributed by atoms with Crippen LogP contribution in [0.15, 0.2) is 97.2 Å². The number of carboxylic acids is 1. The lowest BCUT2D eigenvalue weighted by Crippen LogP contribution is -2.61. The second kappa shape index (κ2) is 54.2. The van der Waals surface area contributed by atoms with Crippen LogP contribution < -0.4 is 0 Å². The van der Waals surface area contributed by atoms with Gasteiger partial charge in [-0.15, -0.1) is 0 Å². The Morgan fingerprint density at radius 3 is 1.25 bits per heavy atom. The van der Waals surface area contributed by atoms with E-state index in [1.54, 1.807) is 0 Å². The van der Waals surface area contributed by atoms with Crippen molar-refractivity contribution in [2.75, 3.05) is 13.2 Å². The number of esters is 3. The molecule has 450 valence electrons. The zero-order valence-electron chi connectivity index (χ0n) is 49.6. The van der Waals surface area contributed by atoms with Gasteiger partial charge in [-0.05, 0) is 89.9 Å². The first kappa shape index (κ1) is 72.7. The van der Waals surface area contributed by atoms with E-state index in [0.717, 1.165) is 89.9 Å². The molecule has 12 heteroatoms. The molecule has 3 N–H and O–H groups in total. The highest BCUT2D eigenvalue weighted by Crippen LogP contribution is 2.26. The van der Waals surface area contributed by atoms with Crippen LogP contribution in [0, 0.1) is 0 Å². The normalized spacial score (nSPS) is 18.5. The summed E-state index contributed by atoms with van der Waals surface area (Å²) in [6.45, 7) is 5.72. The highest BCUT2D eigenvalue weighted by Gasteiger charge is 2.50. The number of hydrogen-bond acceptors (Lipinski definition) is 11. The van der Waals surface area contributed by atoms with Gasteiger partial charge in [0.15, 0.2) is 24.6 Å². The minimum absolute atomic E-state index is 0.0153. The highest BCUT2D eigenvalue weighted by molar-refractivity contribution is 5.74. The van der Waals surface area contributed by atoms with Gasteiger partial charge in [-0.25, -0.2) is 4.79 Å². The minimum atomic E-state index is -1.92.